The summed E-state index contributed by atoms with van der Waals surface area (Å²) in [6, 6.07) is 14.9. The highest BCUT2D eigenvalue weighted by atomic mass is 79.9. The fourth-order valence-electron chi connectivity index (χ4n) is 3.17. The normalized spacial score (nSPS) is 15.1. The van der Waals surface area contributed by atoms with Crippen LogP contribution in [0.4, 0.5) is 10.8 Å². The Kier molecular flexibility index (Phi) is 5.28. The van der Waals surface area contributed by atoms with Crippen LogP contribution in [0.1, 0.15) is 38.8 Å². The van der Waals surface area contributed by atoms with E-state index in [1.165, 1.54) is 11.3 Å². The first-order valence-corrected chi connectivity index (χ1v) is 10.5. The lowest BCUT2D eigenvalue weighted by Crippen LogP contribution is -2.20. The van der Waals surface area contributed by atoms with E-state index in [9.17, 15) is 9.59 Å². The summed E-state index contributed by atoms with van der Waals surface area (Å²) >= 11 is 4.83. The molecule has 0 saturated heterocycles. The monoisotopic (exact) mass is 455 g/mol. The van der Waals surface area contributed by atoms with Crippen LogP contribution in [0.2, 0.25) is 0 Å². The number of nitrogens with one attached hydrogen (secondary N) is 2. The summed E-state index contributed by atoms with van der Waals surface area (Å²) in [4.78, 5) is 30.7. The molecule has 1 atom stereocenters. The predicted molar refractivity (Wildman–Crippen MR) is 115 cm³/mol. The Balaban J connectivity index is 1.46. The number of carbonyl (C=O) groups is 2. The van der Waals surface area contributed by atoms with E-state index in [-0.39, 0.29) is 17.7 Å². The number of fused-ring (bicyclic) bond motifs is 1. The number of anilines is 2. The molecule has 2 aromatic carbocycles. The number of rotatable bonds is 4. The Morgan fingerprint density at radius 3 is 2.50 bits per heavy atom. The Labute approximate surface area is 175 Å². The molecular formula is C21H18BrN3O2S. The number of hydrogen-bond donors (Lipinski definition) is 2. The number of halogens is 1. The molecule has 7 heteroatoms. The number of amides is 2. The molecular weight excluding hydrogens is 438 g/mol. The second-order valence-corrected chi connectivity index (χ2v) is 8.73. The molecule has 5 nitrogen and oxygen atoms in total. The molecule has 1 aromatic heterocycles. The van der Waals surface area contributed by atoms with Gasteiger partial charge in [0.25, 0.3) is 5.91 Å². The smallest absolute Gasteiger partial charge is 0.257 e. The van der Waals surface area contributed by atoms with Crippen LogP contribution < -0.4 is 10.6 Å². The average molecular weight is 456 g/mol. The third-order valence-electron chi connectivity index (χ3n) is 4.68. The van der Waals surface area contributed by atoms with Gasteiger partial charge in [-0.3, -0.25) is 14.9 Å². The van der Waals surface area contributed by atoms with E-state index in [0.29, 0.717) is 10.7 Å². The van der Waals surface area contributed by atoms with Gasteiger partial charge in [-0.1, -0.05) is 33.6 Å². The topological polar surface area (TPSA) is 71.1 Å². The maximum Gasteiger partial charge on any atom is 0.257 e. The van der Waals surface area contributed by atoms with Crippen LogP contribution in [0.15, 0.2) is 53.0 Å². The SMILES string of the molecule is Cc1ccc(C(=O)Nc2nc3c(s2)CCC3C(=O)Nc2ccc(Br)cc2)cc1. The van der Waals surface area contributed by atoms with Crippen molar-refractivity contribution in [1.29, 1.82) is 0 Å². The van der Waals surface area contributed by atoms with Gasteiger partial charge in [-0.15, -0.1) is 11.3 Å². The number of thiazole rings is 1. The largest absolute Gasteiger partial charge is 0.326 e. The van der Waals surface area contributed by atoms with Crippen LogP contribution in [-0.2, 0) is 11.2 Å². The molecule has 0 spiro atoms. The van der Waals surface area contributed by atoms with Crippen LogP contribution in [0.25, 0.3) is 0 Å². The van der Waals surface area contributed by atoms with Gasteiger partial charge in [-0.25, -0.2) is 4.98 Å². The van der Waals surface area contributed by atoms with Crippen LogP contribution in [0.3, 0.4) is 0 Å². The Morgan fingerprint density at radius 1 is 1.07 bits per heavy atom. The fourth-order valence-corrected chi connectivity index (χ4v) is 4.47. The number of nitrogens with zero attached hydrogens (tertiary/aromatic N) is 1. The van der Waals surface area contributed by atoms with Crippen LogP contribution in [0, 0.1) is 6.92 Å². The average Bonchev–Trinajstić information content (AvgIpc) is 3.24. The van der Waals surface area contributed by atoms with E-state index in [2.05, 4.69) is 31.5 Å². The van der Waals surface area contributed by atoms with Crippen LogP contribution >= 0.6 is 27.3 Å². The molecule has 0 saturated carbocycles. The first-order chi connectivity index (χ1) is 13.5. The van der Waals surface area contributed by atoms with E-state index in [4.69, 9.17) is 0 Å². The number of benzene rings is 2. The van der Waals surface area contributed by atoms with E-state index in [1.54, 1.807) is 12.1 Å². The van der Waals surface area contributed by atoms with E-state index in [0.717, 1.165) is 39.1 Å². The Morgan fingerprint density at radius 2 is 1.79 bits per heavy atom. The van der Waals surface area contributed by atoms with Gasteiger partial charge in [-0.05, 0) is 56.2 Å². The van der Waals surface area contributed by atoms with Crippen molar-refractivity contribution in [1.82, 2.24) is 4.98 Å². The molecule has 0 fully saturated rings. The molecule has 0 radical (unpaired) electrons. The zero-order valence-electron chi connectivity index (χ0n) is 15.2. The van der Waals surface area contributed by atoms with Gasteiger partial charge >= 0.3 is 0 Å². The predicted octanol–water partition coefficient (Wildman–Crippen LogP) is 5.13. The summed E-state index contributed by atoms with van der Waals surface area (Å²) in [5.41, 5.74) is 3.22. The van der Waals surface area contributed by atoms with Crippen LogP contribution in [-0.4, -0.2) is 16.8 Å². The molecule has 4 rings (SSSR count). The van der Waals surface area contributed by atoms with Gasteiger partial charge < -0.3 is 5.32 Å². The molecule has 1 heterocycles. The molecule has 0 aliphatic heterocycles. The second-order valence-electron chi connectivity index (χ2n) is 6.73. The van der Waals surface area contributed by atoms with E-state index < -0.39 is 0 Å². The van der Waals surface area contributed by atoms with Crippen molar-refractivity contribution in [2.24, 2.45) is 0 Å². The number of aromatic nitrogens is 1. The molecule has 3 aromatic rings. The van der Waals surface area contributed by atoms with Crippen molar-refractivity contribution in [2.45, 2.75) is 25.7 Å². The van der Waals surface area contributed by atoms with Crippen LogP contribution in [0.5, 0.6) is 0 Å². The molecule has 0 bridgehead atoms. The second kappa shape index (κ2) is 7.85. The molecule has 2 N–H and O–H groups in total. The maximum absolute atomic E-state index is 12.7. The van der Waals surface area contributed by atoms with Gasteiger partial charge in [-0.2, -0.15) is 0 Å². The zero-order valence-corrected chi connectivity index (χ0v) is 17.6. The molecule has 1 aliphatic carbocycles. The first-order valence-electron chi connectivity index (χ1n) is 8.93. The lowest BCUT2D eigenvalue weighted by atomic mass is 10.1. The molecule has 1 unspecified atom stereocenters. The number of hydrogen-bond acceptors (Lipinski definition) is 4. The minimum Gasteiger partial charge on any atom is -0.326 e. The molecule has 1 aliphatic rings. The minimum atomic E-state index is -0.292. The lowest BCUT2D eigenvalue weighted by Gasteiger charge is -2.11. The van der Waals surface area contributed by atoms with Crippen molar-refractivity contribution in [3.63, 3.8) is 0 Å². The van der Waals surface area contributed by atoms with Crippen molar-refractivity contribution in [3.05, 3.63) is 74.7 Å². The Bertz CT molecular complexity index is 1030. The summed E-state index contributed by atoms with van der Waals surface area (Å²) in [6.07, 6.45) is 1.54. The lowest BCUT2D eigenvalue weighted by molar-refractivity contribution is -0.117. The number of aryl methyl sites for hydroxylation is 2. The van der Waals surface area contributed by atoms with E-state index in [1.807, 2.05) is 43.3 Å². The summed E-state index contributed by atoms with van der Waals surface area (Å²) in [5.74, 6) is -0.550. The van der Waals surface area contributed by atoms with Crippen molar-refractivity contribution in [3.8, 4) is 0 Å². The minimum absolute atomic E-state index is 0.0669. The van der Waals surface area contributed by atoms with E-state index >= 15 is 0 Å². The maximum atomic E-state index is 12.7. The van der Waals surface area contributed by atoms with Gasteiger partial charge in [0, 0.05) is 20.6 Å². The van der Waals surface area contributed by atoms with Gasteiger partial charge in [0.15, 0.2) is 5.13 Å². The number of carbonyl (C=O) groups excluding carboxylic acids is 2. The third kappa shape index (κ3) is 4.00. The fraction of sp³-hybridized carbons (Fsp3) is 0.190. The van der Waals surface area contributed by atoms with Gasteiger partial charge in [0.05, 0.1) is 11.6 Å². The highest BCUT2D eigenvalue weighted by molar-refractivity contribution is 9.10. The Hall–Kier alpha value is -2.51. The highest BCUT2D eigenvalue weighted by Crippen LogP contribution is 2.39. The summed E-state index contributed by atoms with van der Waals surface area (Å²) in [6.45, 7) is 1.98. The highest BCUT2D eigenvalue weighted by Gasteiger charge is 2.33. The standard InChI is InChI=1S/C21H18BrN3O2S/c1-12-2-4-13(5-3-12)19(26)25-21-24-18-16(10-11-17(18)28-21)20(27)23-15-8-6-14(22)7-9-15/h2-9,16H,10-11H2,1H3,(H,23,27)(H,24,25,26). The third-order valence-corrected chi connectivity index (χ3v) is 6.26. The quantitative estimate of drug-likeness (QED) is 0.572. The summed E-state index contributed by atoms with van der Waals surface area (Å²) in [5, 5.41) is 6.34. The summed E-state index contributed by atoms with van der Waals surface area (Å²) < 4.78 is 0.960. The first kappa shape index (κ1) is 18.8. The molecule has 2 amide bonds. The van der Waals surface area contributed by atoms with Gasteiger partial charge in [0.1, 0.15) is 0 Å². The zero-order chi connectivity index (χ0) is 19.7. The van der Waals surface area contributed by atoms with Crippen molar-refractivity contribution in [2.75, 3.05) is 10.6 Å². The van der Waals surface area contributed by atoms with Crippen molar-refractivity contribution >= 4 is 49.9 Å². The van der Waals surface area contributed by atoms with Crippen molar-refractivity contribution < 1.29 is 9.59 Å². The summed E-state index contributed by atoms with van der Waals surface area (Å²) in [7, 11) is 0. The molecule has 28 heavy (non-hydrogen) atoms. The molecule has 142 valence electrons. The van der Waals surface area contributed by atoms with Gasteiger partial charge in [0.2, 0.25) is 5.91 Å².